The number of amides is 1. The van der Waals surface area contributed by atoms with Crippen LogP contribution in [0, 0.1) is 0 Å². The van der Waals surface area contributed by atoms with Crippen molar-refractivity contribution in [3.63, 3.8) is 0 Å². The summed E-state index contributed by atoms with van der Waals surface area (Å²) in [6.45, 7) is 4.11. The SMILES string of the molecule is COc1ccc(C(C(C)N)N2CCCN(C)C(=O)C2)cc1. The first-order valence-corrected chi connectivity index (χ1v) is 7.40. The molecule has 0 radical (unpaired) electrons. The molecule has 1 heterocycles. The van der Waals surface area contributed by atoms with E-state index in [0.717, 1.165) is 30.8 Å². The van der Waals surface area contributed by atoms with Crippen LogP contribution in [0.25, 0.3) is 0 Å². The van der Waals surface area contributed by atoms with E-state index in [2.05, 4.69) is 4.90 Å². The van der Waals surface area contributed by atoms with E-state index in [0.29, 0.717) is 6.54 Å². The summed E-state index contributed by atoms with van der Waals surface area (Å²) < 4.78 is 5.20. The summed E-state index contributed by atoms with van der Waals surface area (Å²) in [6, 6.07) is 7.95. The Kier molecular flexibility index (Phi) is 5.20. The Morgan fingerprint density at radius 3 is 2.48 bits per heavy atom. The van der Waals surface area contributed by atoms with Gasteiger partial charge in [-0.15, -0.1) is 0 Å². The second kappa shape index (κ2) is 6.91. The molecule has 1 amide bonds. The molecule has 1 aromatic rings. The van der Waals surface area contributed by atoms with E-state index in [1.807, 2.05) is 38.2 Å². The molecule has 0 spiro atoms. The van der Waals surface area contributed by atoms with E-state index in [1.165, 1.54) is 0 Å². The number of methoxy groups -OCH3 is 1. The molecule has 1 aliphatic heterocycles. The van der Waals surface area contributed by atoms with Crippen molar-refractivity contribution in [3.8, 4) is 5.75 Å². The minimum atomic E-state index is -0.0467. The van der Waals surface area contributed by atoms with Gasteiger partial charge >= 0.3 is 0 Å². The lowest BCUT2D eigenvalue weighted by molar-refractivity contribution is -0.130. The van der Waals surface area contributed by atoms with Crippen molar-refractivity contribution >= 4 is 5.91 Å². The molecular weight excluding hydrogens is 266 g/mol. The monoisotopic (exact) mass is 291 g/mol. The van der Waals surface area contributed by atoms with Gasteiger partial charge < -0.3 is 15.4 Å². The highest BCUT2D eigenvalue weighted by Crippen LogP contribution is 2.26. The number of ether oxygens (including phenoxy) is 1. The van der Waals surface area contributed by atoms with Crippen molar-refractivity contribution in [2.75, 3.05) is 33.8 Å². The maximum atomic E-state index is 12.1. The minimum Gasteiger partial charge on any atom is -0.497 e. The summed E-state index contributed by atoms with van der Waals surface area (Å²) in [4.78, 5) is 16.1. The molecule has 1 saturated heterocycles. The third-order valence-corrected chi connectivity index (χ3v) is 4.05. The van der Waals surface area contributed by atoms with Crippen molar-refractivity contribution in [2.24, 2.45) is 5.73 Å². The van der Waals surface area contributed by atoms with Gasteiger partial charge in [0.15, 0.2) is 0 Å². The fraction of sp³-hybridized carbons (Fsp3) is 0.562. The molecule has 0 aromatic heterocycles. The third-order valence-electron chi connectivity index (χ3n) is 4.05. The van der Waals surface area contributed by atoms with Gasteiger partial charge in [0.1, 0.15) is 5.75 Å². The van der Waals surface area contributed by atoms with Crippen LogP contribution >= 0.6 is 0 Å². The van der Waals surface area contributed by atoms with Crippen LogP contribution in [0.4, 0.5) is 0 Å². The van der Waals surface area contributed by atoms with E-state index in [4.69, 9.17) is 10.5 Å². The summed E-state index contributed by atoms with van der Waals surface area (Å²) in [5.41, 5.74) is 7.33. The second-order valence-electron chi connectivity index (χ2n) is 5.72. The molecule has 2 N–H and O–H groups in total. The molecule has 2 unspecified atom stereocenters. The number of nitrogens with two attached hydrogens (primary N) is 1. The Morgan fingerprint density at radius 1 is 1.24 bits per heavy atom. The Balaban J connectivity index is 2.23. The maximum absolute atomic E-state index is 12.1. The molecule has 2 rings (SSSR count). The molecular formula is C16H25N3O2. The first-order chi connectivity index (χ1) is 10.0. The van der Waals surface area contributed by atoms with Crippen molar-refractivity contribution in [1.29, 1.82) is 0 Å². The molecule has 0 saturated carbocycles. The average Bonchev–Trinajstić information content (AvgIpc) is 2.62. The third kappa shape index (κ3) is 3.74. The van der Waals surface area contributed by atoms with E-state index < -0.39 is 0 Å². The lowest BCUT2D eigenvalue weighted by Crippen LogP contribution is -2.43. The minimum absolute atomic E-state index is 0.0467. The van der Waals surface area contributed by atoms with Crippen LogP contribution in [0.1, 0.15) is 24.9 Å². The van der Waals surface area contributed by atoms with E-state index >= 15 is 0 Å². The van der Waals surface area contributed by atoms with Crippen LogP contribution in [0.3, 0.4) is 0 Å². The molecule has 21 heavy (non-hydrogen) atoms. The standard InChI is InChI=1S/C16H25N3O2/c1-12(17)16(13-5-7-14(21-3)8-6-13)19-10-4-9-18(2)15(20)11-19/h5-8,12,16H,4,9-11,17H2,1-3H3. The number of carbonyl (C=O) groups is 1. The number of hydrogen-bond donors (Lipinski definition) is 1. The Bertz CT molecular complexity index is 473. The van der Waals surface area contributed by atoms with Gasteiger partial charge in [0, 0.05) is 26.2 Å². The van der Waals surface area contributed by atoms with Crippen molar-refractivity contribution in [2.45, 2.75) is 25.4 Å². The molecule has 1 aromatic carbocycles. The maximum Gasteiger partial charge on any atom is 0.236 e. The van der Waals surface area contributed by atoms with Gasteiger partial charge in [-0.25, -0.2) is 0 Å². The van der Waals surface area contributed by atoms with Gasteiger partial charge in [-0.3, -0.25) is 9.69 Å². The zero-order valence-corrected chi connectivity index (χ0v) is 13.1. The number of carbonyl (C=O) groups excluding carboxylic acids is 1. The average molecular weight is 291 g/mol. The molecule has 2 atom stereocenters. The quantitative estimate of drug-likeness (QED) is 0.907. The Labute approximate surface area is 126 Å². The normalized spacial score (nSPS) is 20.0. The van der Waals surface area contributed by atoms with Gasteiger partial charge in [0.05, 0.1) is 19.7 Å². The van der Waals surface area contributed by atoms with Crippen LogP contribution in [0.5, 0.6) is 5.75 Å². The number of nitrogens with zero attached hydrogens (tertiary/aromatic N) is 2. The zero-order valence-electron chi connectivity index (χ0n) is 13.1. The van der Waals surface area contributed by atoms with Gasteiger partial charge in [-0.05, 0) is 31.0 Å². The van der Waals surface area contributed by atoms with Crippen LogP contribution in [0.2, 0.25) is 0 Å². The number of likely N-dealkylation sites (N-methyl/N-ethyl adjacent to an activating group) is 1. The first-order valence-electron chi connectivity index (χ1n) is 7.40. The molecule has 0 aliphatic carbocycles. The fourth-order valence-electron chi connectivity index (χ4n) is 2.89. The van der Waals surface area contributed by atoms with Crippen LogP contribution in [0.15, 0.2) is 24.3 Å². The highest BCUT2D eigenvalue weighted by molar-refractivity contribution is 5.78. The van der Waals surface area contributed by atoms with Crippen molar-refractivity contribution in [3.05, 3.63) is 29.8 Å². The summed E-state index contributed by atoms with van der Waals surface area (Å²) >= 11 is 0. The smallest absolute Gasteiger partial charge is 0.236 e. The van der Waals surface area contributed by atoms with Gasteiger partial charge in [-0.1, -0.05) is 12.1 Å². The van der Waals surface area contributed by atoms with Gasteiger partial charge in [0.2, 0.25) is 5.91 Å². The molecule has 1 aliphatic rings. The molecule has 116 valence electrons. The van der Waals surface area contributed by atoms with Crippen molar-refractivity contribution < 1.29 is 9.53 Å². The summed E-state index contributed by atoms with van der Waals surface area (Å²) in [7, 11) is 3.52. The summed E-state index contributed by atoms with van der Waals surface area (Å²) in [5, 5.41) is 0. The second-order valence-corrected chi connectivity index (χ2v) is 5.72. The van der Waals surface area contributed by atoms with E-state index in [9.17, 15) is 4.79 Å². The lowest BCUT2D eigenvalue weighted by Gasteiger charge is -2.33. The fourth-order valence-corrected chi connectivity index (χ4v) is 2.89. The van der Waals surface area contributed by atoms with E-state index in [1.54, 1.807) is 12.0 Å². The van der Waals surface area contributed by atoms with Crippen LogP contribution in [-0.4, -0.2) is 55.5 Å². The first kappa shape index (κ1) is 15.8. The topological polar surface area (TPSA) is 58.8 Å². The lowest BCUT2D eigenvalue weighted by atomic mass is 9.98. The Morgan fingerprint density at radius 2 is 1.90 bits per heavy atom. The highest BCUT2D eigenvalue weighted by Gasteiger charge is 2.28. The van der Waals surface area contributed by atoms with E-state index in [-0.39, 0.29) is 18.0 Å². The molecule has 5 nitrogen and oxygen atoms in total. The predicted molar refractivity (Wildman–Crippen MR) is 83.2 cm³/mol. The highest BCUT2D eigenvalue weighted by atomic mass is 16.5. The number of benzene rings is 1. The zero-order chi connectivity index (χ0) is 15.4. The largest absolute Gasteiger partial charge is 0.497 e. The predicted octanol–water partition coefficient (Wildman–Crippen LogP) is 1.25. The summed E-state index contributed by atoms with van der Waals surface area (Å²) in [6.07, 6.45) is 0.974. The van der Waals surface area contributed by atoms with Crippen LogP contribution < -0.4 is 10.5 Å². The number of hydrogen-bond acceptors (Lipinski definition) is 4. The van der Waals surface area contributed by atoms with Crippen molar-refractivity contribution in [1.82, 2.24) is 9.80 Å². The van der Waals surface area contributed by atoms with Gasteiger partial charge in [0.25, 0.3) is 0 Å². The molecule has 1 fully saturated rings. The molecule has 5 heteroatoms. The number of rotatable bonds is 4. The van der Waals surface area contributed by atoms with Gasteiger partial charge in [-0.2, -0.15) is 0 Å². The molecule has 0 bridgehead atoms. The Hall–Kier alpha value is -1.59. The summed E-state index contributed by atoms with van der Waals surface area (Å²) in [5.74, 6) is 0.987. The van der Waals surface area contributed by atoms with Crippen LogP contribution in [-0.2, 0) is 4.79 Å².